The van der Waals surface area contributed by atoms with Gasteiger partial charge >= 0.3 is 0 Å². The van der Waals surface area contributed by atoms with Gasteiger partial charge in [-0.2, -0.15) is 0 Å². The summed E-state index contributed by atoms with van der Waals surface area (Å²) in [5.41, 5.74) is 0.700. The molecule has 0 spiro atoms. The Hall–Kier alpha value is -3.09. The van der Waals surface area contributed by atoms with Crippen molar-refractivity contribution in [2.45, 2.75) is 13.0 Å². The molecule has 0 aliphatic rings. The molecule has 0 saturated heterocycles. The van der Waals surface area contributed by atoms with Crippen LogP contribution in [0.4, 0.5) is 0 Å². The van der Waals surface area contributed by atoms with E-state index in [0.29, 0.717) is 11.1 Å². The maximum absolute atomic E-state index is 11.9. The molecule has 0 fully saturated rings. The number of amides is 3. The number of rotatable bonds is 4. The van der Waals surface area contributed by atoms with Crippen molar-refractivity contribution in [1.82, 2.24) is 20.6 Å². The first kappa shape index (κ1) is 15.3. The summed E-state index contributed by atoms with van der Waals surface area (Å²) in [7, 11) is 0. The van der Waals surface area contributed by atoms with Gasteiger partial charge in [0.05, 0.1) is 0 Å². The van der Waals surface area contributed by atoms with Crippen molar-refractivity contribution in [1.29, 1.82) is 0 Å². The summed E-state index contributed by atoms with van der Waals surface area (Å²) in [6.45, 7) is 1.49. The molecule has 1 unspecified atom stereocenters. The number of pyridine rings is 2. The third-order valence-electron chi connectivity index (χ3n) is 2.86. The Kier molecular flexibility index (Phi) is 4.92. The highest BCUT2D eigenvalue weighted by molar-refractivity contribution is 6.07. The molecule has 0 radical (unpaired) electrons. The Morgan fingerprint density at radius 3 is 1.82 bits per heavy atom. The molecule has 22 heavy (non-hydrogen) atoms. The van der Waals surface area contributed by atoms with Crippen LogP contribution in [0.2, 0.25) is 0 Å². The quantitative estimate of drug-likeness (QED) is 0.858. The van der Waals surface area contributed by atoms with Gasteiger partial charge in [0.2, 0.25) is 5.91 Å². The second-order valence-corrected chi connectivity index (χ2v) is 4.49. The molecule has 7 heteroatoms. The second kappa shape index (κ2) is 7.07. The number of hydrogen-bond donors (Lipinski definition) is 2. The third kappa shape index (κ3) is 3.95. The van der Waals surface area contributed by atoms with E-state index in [9.17, 15) is 14.4 Å². The monoisotopic (exact) mass is 298 g/mol. The van der Waals surface area contributed by atoms with Crippen LogP contribution in [0.1, 0.15) is 27.6 Å². The molecule has 2 N–H and O–H groups in total. The lowest BCUT2D eigenvalue weighted by Crippen LogP contribution is -2.46. The van der Waals surface area contributed by atoms with Crippen molar-refractivity contribution in [3.8, 4) is 0 Å². The molecule has 112 valence electrons. The Morgan fingerprint density at radius 2 is 1.32 bits per heavy atom. The summed E-state index contributed by atoms with van der Waals surface area (Å²) in [6.07, 6.45) is 5.86. The fourth-order valence-corrected chi connectivity index (χ4v) is 1.64. The molecule has 2 rings (SSSR count). The minimum absolute atomic E-state index is 0.316. The maximum atomic E-state index is 11.9. The fraction of sp³-hybridized carbons (Fsp3) is 0.133. The standard InChI is InChI=1S/C15H14N4O3/c1-10(18-14(21)11-2-6-16-7-3-11)13(20)19-15(22)12-4-8-17-9-5-12/h2-10H,1H3,(H,18,21)(H,19,20,22). The number of nitrogens with one attached hydrogen (secondary N) is 2. The SMILES string of the molecule is CC(NC(=O)c1ccncc1)C(=O)NC(=O)c1ccncc1. The van der Waals surface area contributed by atoms with E-state index >= 15 is 0 Å². The van der Waals surface area contributed by atoms with E-state index in [0.717, 1.165) is 0 Å². The lowest BCUT2D eigenvalue weighted by Gasteiger charge is -2.13. The molecule has 0 aliphatic carbocycles. The zero-order valence-electron chi connectivity index (χ0n) is 11.8. The summed E-state index contributed by atoms with van der Waals surface area (Å²) in [5, 5.41) is 4.73. The van der Waals surface area contributed by atoms with Crippen molar-refractivity contribution in [3.63, 3.8) is 0 Å². The van der Waals surface area contributed by atoms with E-state index in [2.05, 4.69) is 20.6 Å². The van der Waals surface area contributed by atoms with Gasteiger partial charge in [-0.25, -0.2) is 0 Å². The summed E-state index contributed by atoms with van der Waals surface area (Å²) >= 11 is 0. The minimum atomic E-state index is -0.855. The van der Waals surface area contributed by atoms with Gasteiger partial charge in [0.15, 0.2) is 0 Å². The van der Waals surface area contributed by atoms with E-state index < -0.39 is 23.8 Å². The lowest BCUT2D eigenvalue weighted by molar-refractivity contribution is -0.121. The molecule has 0 bridgehead atoms. The topological polar surface area (TPSA) is 101 Å². The molecule has 2 aromatic heterocycles. The van der Waals surface area contributed by atoms with Crippen LogP contribution in [0.25, 0.3) is 0 Å². The molecule has 0 aromatic carbocycles. The largest absolute Gasteiger partial charge is 0.341 e. The number of imide groups is 1. The van der Waals surface area contributed by atoms with Gasteiger partial charge in [0.1, 0.15) is 6.04 Å². The Bertz CT molecular complexity index is 674. The van der Waals surface area contributed by atoms with Crippen molar-refractivity contribution in [3.05, 3.63) is 60.2 Å². The molecule has 1 atom stereocenters. The van der Waals surface area contributed by atoms with Gasteiger partial charge in [-0.3, -0.25) is 29.7 Å². The second-order valence-electron chi connectivity index (χ2n) is 4.49. The average Bonchev–Trinajstić information content (AvgIpc) is 2.56. The fourth-order valence-electron chi connectivity index (χ4n) is 1.64. The Balaban J connectivity index is 1.92. The third-order valence-corrected chi connectivity index (χ3v) is 2.86. The highest BCUT2D eigenvalue weighted by atomic mass is 16.2. The van der Waals surface area contributed by atoms with Gasteiger partial charge < -0.3 is 5.32 Å². The maximum Gasteiger partial charge on any atom is 0.258 e. The highest BCUT2D eigenvalue weighted by Gasteiger charge is 2.19. The number of carbonyl (C=O) groups excluding carboxylic acids is 3. The van der Waals surface area contributed by atoms with Crippen molar-refractivity contribution < 1.29 is 14.4 Å². The van der Waals surface area contributed by atoms with Gasteiger partial charge in [-0.15, -0.1) is 0 Å². The van der Waals surface area contributed by atoms with E-state index in [4.69, 9.17) is 0 Å². The van der Waals surface area contributed by atoms with Gasteiger partial charge in [-0.1, -0.05) is 0 Å². The van der Waals surface area contributed by atoms with Crippen LogP contribution in [0.15, 0.2) is 49.1 Å². The van der Waals surface area contributed by atoms with Crippen LogP contribution in [0.3, 0.4) is 0 Å². The molecule has 0 aliphatic heterocycles. The Labute approximate surface area is 126 Å². The van der Waals surface area contributed by atoms with Crippen LogP contribution in [0.5, 0.6) is 0 Å². The first-order valence-electron chi connectivity index (χ1n) is 6.54. The predicted molar refractivity (Wildman–Crippen MR) is 77.9 cm³/mol. The molecular formula is C15H14N4O3. The zero-order valence-corrected chi connectivity index (χ0v) is 11.8. The molecule has 3 amide bonds. The smallest absolute Gasteiger partial charge is 0.258 e. The van der Waals surface area contributed by atoms with Crippen LogP contribution < -0.4 is 10.6 Å². The number of nitrogens with zero attached hydrogens (tertiary/aromatic N) is 2. The summed E-state index contributed by atoms with van der Waals surface area (Å²) in [5.74, 6) is -1.55. The highest BCUT2D eigenvalue weighted by Crippen LogP contribution is 1.98. The Morgan fingerprint density at radius 1 is 0.864 bits per heavy atom. The van der Waals surface area contributed by atoms with Crippen molar-refractivity contribution in [2.75, 3.05) is 0 Å². The normalized spacial score (nSPS) is 11.3. The van der Waals surface area contributed by atoms with E-state index in [1.807, 2.05) is 0 Å². The summed E-state index contributed by atoms with van der Waals surface area (Å²) in [6, 6.07) is 5.18. The van der Waals surface area contributed by atoms with Crippen LogP contribution in [0, 0.1) is 0 Å². The number of aromatic nitrogens is 2. The van der Waals surface area contributed by atoms with Crippen LogP contribution >= 0.6 is 0 Å². The molecule has 0 saturated carbocycles. The number of hydrogen-bond acceptors (Lipinski definition) is 5. The zero-order chi connectivity index (χ0) is 15.9. The molecule has 7 nitrogen and oxygen atoms in total. The summed E-state index contributed by atoms with van der Waals surface area (Å²) < 4.78 is 0. The lowest BCUT2D eigenvalue weighted by atomic mass is 10.2. The van der Waals surface area contributed by atoms with Gasteiger partial charge in [-0.05, 0) is 31.2 Å². The average molecular weight is 298 g/mol. The van der Waals surface area contributed by atoms with Gasteiger partial charge in [0.25, 0.3) is 11.8 Å². The predicted octanol–water partition coefficient (Wildman–Crippen LogP) is 0.551. The van der Waals surface area contributed by atoms with Crippen LogP contribution in [-0.4, -0.2) is 33.7 Å². The molecule has 2 aromatic rings. The molecular weight excluding hydrogens is 284 g/mol. The van der Waals surface area contributed by atoms with E-state index in [1.165, 1.54) is 56.0 Å². The minimum Gasteiger partial charge on any atom is -0.341 e. The first-order valence-corrected chi connectivity index (χ1v) is 6.54. The van der Waals surface area contributed by atoms with E-state index in [1.54, 1.807) is 0 Å². The van der Waals surface area contributed by atoms with Crippen molar-refractivity contribution >= 4 is 17.7 Å². The summed E-state index contributed by atoms with van der Waals surface area (Å²) in [4.78, 5) is 43.3. The number of carbonyl (C=O) groups is 3. The van der Waals surface area contributed by atoms with Crippen molar-refractivity contribution in [2.24, 2.45) is 0 Å². The molecule has 2 heterocycles. The van der Waals surface area contributed by atoms with Gasteiger partial charge in [0, 0.05) is 35.9 Å². The van der Waals surface area contributed by atoms with Crippen LogP contribution in [-0.2, 0) is 4.79 Å². The van der Waals surface area contributed by atoms with E-state index in [-0.39, 0.29) is 0 Å². The first-order chi connectivity index (χ1) is 10.6.